The van der Waals surface area contributed by atoms with E-state index in [1.165, 1.54) is 25.7 Å². The van der Waals surface area contributed by atoms with Gasteiger partial charge in [-0.2, -0.15) is 0 Å². The molecule has 5 nitrogen and oxygen atoms in total. The Morgan fingerprint density at radius 3 is 2.90 bits per heavy atom. The van der Waals surface area contributed by atoms with E-state index >= 15 is 0 Å². The van der Waals surface area contributed by atoms with Crippen LogP contribution in [0.4, 0.5) is 0 Å². The molecule has 0 aromatic carbocycles. The van der Waals surface area contributed by atoms with Crippen molar-refractivity contribution in [2.45, 2.75) is 38.6 Å². The van der Waals surface area contributed by atoms with Crippen LogP contribution in [0.3, 0.4) is 0 Å². The predicted molar refractivity (Wildman–Crippen MR) is 76.5 cm³/mol. The molecule has 0 amide bonds. The van der Waals surface area contributed by atoms with Crippen molar-refractivity contribution < 1.29 is 14.6 Å². The minimum Gasteiger partial charge on any atom is -0.461 e. The van der Waals surface area contributed by atoms with E-state index in [2.05, 4.69) is 10.3 Å². The predicted octanol–water partition coefficient (Wildman–Crippen LogP) is 2.00. The molecule has 20 heavy (non-hydrogen) atoms. The maximum atomic E-state index is 11.7. The first-order chi connectivity index (χ1) is 9.76. The molecule has 1 heterocycles. The van der Waals surface area contributed by atoms with Gasteiger partial charge in [-0.3, -0.25) is 0 Å². The van der Waals surface area contributed by atoms with E-state index in [1.54, 1.807) is 13.0 Å². The Morgan fingerprint density at radius 1 is 1.50 bits per heavy atom. The largest absolute Gasteiger partial charge is 0.461 e. The van der Waals surface area contributed by atoms with Crippen molar-refractivity contribution in [2.75, 3.05) is 19.8 Å². The summed E-state index contributed by atoms with van der Waals surface area (Å²) < 4.78 is 5.00. The molecule has 0 radical (unpaired) electrons. The Kier molecular flexibility index (Phi) is 5.61. The van der Waals surface area contributed by atoms with Crippen molar-refractivity contribution in [3.8, 4) is 0 Å². The molecule has 0 spiro atoms. The van der Waals surface area contributed by atoms with Gasteiger partial charge in [0, 0.05) is 12.2 Å². The molecule has 0 aliphatic heterocycles. The first-order valence-electron chi connectivity index (χ1n) is 7.46. The molecule has 0 unspecified atom stereocenters. The zero-order valence-electron chi connectivity index (χ0n) is 12.0. The van der Waals surface area contributed by atoms with Gasteiger partial charge in [-0.15, -0.1) is 0 Å². The van der Waals surface area contributed by atoms with Crippen molar-refractivity contribution in [3.05, 3.63) is 23.5 Å². The SMILES string of the molecule is CCOC(=O)c1ccc([C@@H](NCCO)C2CCCC2)[nH]1. The Balaban J connectivity index is 2.09. The van der Waals surface area contributed by atoms with Crippen LogP contribution in [0.15, 0.2) is 12.1 Å². The van der Waals surface area contributed by atoms with Gasteiger partial charge in [0.05, 0.1) is 19.3 Å². The Morgan fingerprint density at radius 2 is 2.25 bits per heavy atom. The Hall–Kier alpha value is -1.33. The highest BCUT2D eigenvalue weighted by molar-refractivity contribution is 5.87. The zero-order chi connectivity index (χ0) is 14.4. The van der Waals surface area contributed by atoms with Crippen molar-refractivity contribution in [2.24, 2.45) is 5.92 Å². The number of H-pyrrole nitrogens is 1. The molecule has 1 fully saturated rings. The van der Waals surface area contributed by atoms with Crippen molar-refractivity contribution in [1.29, 1.82) is 0 Å². The van der Waals surface area contributed by atoms with Crippen molar-refractivity contribution in [3.63, 3.8) is 0 Å². The summed E-state index contributed by atoms with van der Waals surface area (Å²) in [6, 6.07) is 3.89. The monoisotopic (exact) mass is 280 g/mol. The number of aromatic amines is 1. The van der Waals surface area contributed by atoms with E-state index in [4.69, 9.17) is 9.84 Å². The number of rotatable bonds is 7. The zero-order valence-corrected chi connectivity index (χ0v) is 12.0. The molecule has 0 saturated heterocycles. The average molecular weight is 280 g/mol. The number of aliphatic hydroxyl groups is 1. The summed E-state index contributed by atoms with van der Waals surface area (Å²) in [5.74, 6) is 0.251. The highest BCUT2D eigenvalue weighted by atomic mass is 16.5. The number of aromatic nitrogens is 1. The lowest BCUT2D eigenvalue weighted by molar-refractivity contribution is 0.0520. The molecule has 2 rings (SSSR count). The normalized spacial score (nSPS) is 17.3. The van der Waals surface area contributed by atoms with Crippen LogP contribution < -0.4 is 5.32 Å². The van der Waals surface area contributed by atoms with Crippen LogP contribution in [-0.2, 0) is 4.74 Å². The molecule has 112 valence electrons. The summed E-state index contributed by atoms with van der Waals surface area (Å²) in [5, 5.41) is 12.4. The fraction of sp³-hybridized carbons (Fsp3) is 0.667. The number of hydrogen-bond acceptors (Lipinski definition) is 4. The molecule has 1 aromatic heterocycles. The Labute approximate surface area is 119 Å². The summed E-state index contributed by atoms with van der Waals surface area (Å²) in [4.78, 5) is 14.9. The Bertz CT molecular complexity index is 425. The number of carbonyl (C=O) groups is 1. The standard InChI is InChI=1S/C15H24N2O3/c1-2-20-15(19)13-8-7-12(17-13)14(16-9-10-18)11-5-3-4-6-11/h7-8,11,14,16-18H,2-6,9-10H2,1H3/t14-/m0/s1. The van der Waals surface area contributed by atoms with E-state index in [1.807, 2.05) is 6.07 Å². The number of esters is 1. The lowest BCUT2D eigenvalue weighted by Gasteiger charge is -2.23. The molecular weight excluding hydrogens is 256 g/mol. The van der Waals surface area contributed by atoms with Crippen LogP contribution in [0.5, 0.6) is 0 Å². The molecule has 1 saturated carbocycles. The van der Waals surface area contributed by atoms with Gasteiger partial charge in [0.25, 0.3) is 0 Å². The summed E-state index contributed by atoms with van der Waals surface area (Å²) in [6.07, 6.45) is 4.90. The molecule has 1 atom stereocenters. The van der Waals surface area contributed by atoms with E-state index in [9.17, 15) is 4.79 Å². The van der Waals surface area contributed by atoms with E-state index < -0.39 is 0 Å². The average Bonchev–Trinajstić information content (AvgIpc) is 3.11. The second kappa shape index (κ2) is 7.45. The second-order valence-electron chi connectivity index (χ2n) is 5.25. The molecular formula is C15H24N2O3. The minimum atomic E-state index is -0.314. The molecule has 1 aliphatic rings. The third-order valence-corrected chi connectivity index (χ3v) is 3.89. The maximum absolute atomic E-state index is 11.7. The van der Waals surface area contributed by atoms with Crippen LogP contribution in [0.1, 0.15) is 54.8 Å². The molecule has 5 heteroatoms. The van der Waals surface area contributed by atoms with E-state index in [0.717, 1.165) is 5.69 Å². The highest BCUT2D eigenvalue weighted by Gasteiger charge is 2.27. The number of hydrogen-bond donors (Lipinski definition) is 3. The summed E-state index contributed by atoms with van der Waals surface area (Å²) >= 11 is 0. The first-order valence-corrected chi connectivity index (χ1v) is 7.46. The lowest BCUT2D eigenvalue weighted by atomic mass is 9.95. The number of nitrogens with one attached hydrogen (secondary N) is 2. The molecule has 0 bridgehead atoms. The fourth-order valence-electron chi connectivity index (χ4n) is 2.96. The number of ether oxygens (including phenoxy) is 1. The van der Waals surface area contributed by atoms with Gasteiger partial charge in [-0.25, -0.2) is 4.79 Å². The van der Waals surface area contributed by atoms with Gasteiger partial charge in [0.1, 0.15) is 5.69 Å². The summed E-state index contributed by atoms with van der Waals surface area (Å²) in [7, 11) is 0. The smallest absolute Gasteiger partial charge is 0.354 e. The van der Waals surface area contributed by atoms with Crippen LogP contribution in [0.2, 0.25) is 0 Å². The topological polar surface area (TPSA) is 74.3 Å². The van der Waals surface area contributed by atoms with E-state index in [0.29, 0.717) is 24.8 Å². The fourth-order valence-corrected chi connectivity index (χ4v) is 2.96. The van der Waals surface area contributed by atoms with Gasteiger partial charge >= 0.3 is 5.97 Å². The molecule has 1 aromatic rings. The quantitative estimate of drug-likeness (QED) is 0.668. The summed E-state index contributed by atoms with van der Waals surface area (Å²) in [5.41, 5.74) is 1.50. The summed E-state index contributed by atoms with van der Waals surface area (Å²) in [6.45, 7) is 2.86. The van der Waals surface area contributed by atoms with Gasteiger partial charge in [-0.05, 0) is 37.8 Å². The molecule has 3 N–H and O–H groups in total. The van der Waals surface area contributed by atoms with E-state index in [-0.39, 0.29) is 18.6 Å². The van der Waals surface area contributed by atoms with Crippen molar-refractivity contribution in [1.82, 2.24) is 10.3 Å². The van der Waals surface area contributed by atoms with Gasteiger partial charge in [-0.1, -0.05) is 12.8 Å². The first kappa shape index (κ1) is 15.1. The van der Waals surface area contributed by atoms with Gasteiger partial charge < -0.3 is 20.1 Å². The third kappa shape index (κ3) is 3.61. The van der Waals surface area contributed by atoms with Crippen molar-refractivity contribution >= 4 is 5.97 Å². The van der Waals surface area contributed by atoms with Crippen LogP contribution in [0.25, 0.3) is 0 Å². The van der Waals surface area contributed by atoms with Crippen LogP contribution in [0, 0.1) is 5.92 Å². The minimum absolute atomic E-state index is 0.120. The van der Waals surface area contributed by atoms with Crippen LogP contribution in [-0.4, -0.2) is 35.8 Å². The third-order valence-electron chi connectivity index (χ3n) is 3.89. The highest BCUT2D eigenvalue weighted by Crippen LogP contribution is 2.35. The molecule has 1 aliphatic carbocycles. The lowest BCUT2D eigenvalue weighted by Crippen LogP contribution is -2.30. The maximum Gasteiger partial charge on any atom is 0.354 e. The van der Waals surface area contributed by atoms with Gasteiger partial charge in [0.2, 0.25) is 0 Å². The van der Waals surface area contributed by atoms with Gasteiger partial charge in [0.15, 0.2) is 0 Å². The number of carbonyl (C=O) groups excluding carboxylic acids is 1. The van der Waals surface area contributed by atoms with Crippen LogP contribution >= 0.6 is 0 Å². The second-order valence-corrected chi connectivity index (χ2v) is 5.25. The number of aliphatic hydroxyl groups excluding tert-OH is 1.